The number of ether oxygens (including phenoxy) is 1. The molecule has 0 aliphatic carbocycles. The lowest BCUT2D eigenvalue weighted by Crippen LogP contribution is -2.23. The van der Waals surface area contributed by atoms with Crippen LogP contribution in [-0.2, 0) is 11.0 Å². The topological polar surface area (TPSA) is 50.4 Å². The van der Waals surface area contributed by atoms with Gasteiger partial charge in [-0.2, -0.15) is 13.2 Å². The smallest absolute Gasteiger partial charge is 0.418 e. The first-order valence-corrected chi connectivity index (χ1v) is 6.74. The van der Waals surface area contributed by atoms with E-state index in [9.17, 15) is 18.0 Å². The molecule has 0 aromatic heterocycles. The van der Waals surface area contributed by atoms with Gasteiger partial charge in [0.2, 0.25) is 5.91 Å². The predicted molar refractivity (Wildman–Crippen MR) is 81.6 cm³/mol. The van der Waals surface area contributed by atoms with Crippen LogP contribution >= 0.6 is 0 Å². The first kappa shape index (κ1) is 16.7. The van der Waals surface area contributed by atoms with Crippen molar-refractivity contribution in [2.75, 3.05) is 24.3 Å². The minimum Gasteiger partial charge on any atom is -0.497 e. The minimum atomic E-state index is -4.48. The summed E-state index contributed by atoms with van der Waals surface area (Å²) in [6, 6.07) is 11.7. The van der Waals surface area contributed by atoms with Crippen molar-refractivity contribution in [2.24, 2.45) is 0 Å². The molecule has 0 unspecified atom stereocenters. The second kappa shape index (κ2) is 7.04. The van der Waals surface area contributed by atoms with Gasteiger partial charge in [0.1, 0.15) is 5.75 Å². The fourth-order valence-corrected chi connectivity index (χ4v) is 1.97. The summed E-state index contributed by atoms with van der Waals surface area (Å²) in [7, 11) is 1.50. The van der Waals surface area contributed by atoms with Gasteiger partial charge >= 0.3 is 6.18 Å². The van der Waals surface area contributed by atoms with E-state index in [1.54, 1.807) is 24.3 Å². The van der Waals surface area contributed by atoms with Gasteiger partial charge in [0.05, 0.1) is 19.2 Å². The van der Waals surface area contributed by atoms with Gasteiger partial charge in [-0.1, -0.05) is 18.2 Å². The monoisotopic (exact) mass is 324 g/mol. The van der Waals surface area contributed by atoms with Gasteiger partial charge in [-0.3, -0.25) is 4.79 Å². The molecule has 1 amide bonds. The van der Waals surface area contributed by atoms with E-state index in [0.29, 0.717) is 11.4 Å². The molecule has 0 aliphatic rings. The first-order chi connectivity index (χ1) is 10.9. The van der Waals surface area contributed by atoms with Gasteiger partial charge in [-0.05, 0) is 24.3 Å². The van der Waals surface area contributed by atoms with Crippen molar-refractivity contribution in [3.8, 4) is 5.75 Å². The summed E-state index contributed by atoms with van der Waals surface area (Å²) in [5.41, 5.74) is -0.449. The zero-order valence-corrected chi connectivity index (χ0v) is 12.3. The predicted octanol–water partition coefficient (Wildman–Crippen LogP) is 3.76. The standard InChI is InChI=1S/C16H15F3N2O2/c1-23-12-6-4-5-11(9-12)21-15(22)10-20-14-8-3-2-7-13(14)16(17,18)19/h2-9,20H,10H2,1H3,(H,21,22). The summed E-state index contributed by atoms with van der Waals surface area (Å²) in [5.74, 6) is 0.105. The summed E-state index contributed by atoms with van der Waals surface area (Å²) in [6.07, 6.45) is -4.48. The number of nitrogens with one attached hydrogen (secondary N) is 2. The molecule has 122 valence electrons. The van der Waals surface area contributed by atoms with Crippen LogP contribution in [-0.4, -0.2) is 19.6 Å². The lowest BCUT2D eigenvalue weighted by molar-refractivity contribution is -0.137. The number of methoxy groups -OCH3 is 1. The number of alkyl halides is 3. The maximum atomic E-state index is 12.8. The summed E-state index contributed by atoms with van der Waals surface area (Å²) in [6.45, 7) is -0.287. The van der Waals surface area contributed by atoms with Crippen molar-refractivity contribution in [3.05, 3.63) is 54.1 Å². The molecule has 0 bridgehead atoms. The van der Waals surface area contributed by atoms with Gasteiger partial charge < -0.3 is 15.4 Å². The molecule has 0 aliphatic heterocycles. The Kier molecular flexibility index (Phi) is 5.10. The molecule has 0 saturated carbocycles. The van der Waals surface area contributed by atoms with Crippen LogP contribution in [0.1, 0.15) is 5.56 Å². The molecule has 0 spiro atoms. The number of halogens is 3. The Hall–Kier alpha value is -2.70. The van der Waals surface area contributed by atoms with E-state index in [0.717, 1.165) is 6.07 Å². The number of hydrogen-bond donors (Lipinski definition) is 2. The molecule has 4 nitrogen and oxygen atoms in total. The highest BCUT2D eigenvalue weighted by Crippen LogP contribution is 2.34. The summed E-state index contributed by atoms with van der Waals surface area (Å²) >= 11 is 0. The average molecular weight is 324 g/mol. The molecule has 2 N–H and O–H groups in total. The molecule has 0 atom stereocenters. The van der Waals surface area contributed by atoms with E-state index in [2.05, 4.69) is 10.6 Å². The number of rotatable bonds is 5. The summed E-state index contributed by atoms with van der Waals surface area (Å²) in [5, 5.41) is 5.09. The third-order valence-corrected chi connectivity index (χ3v) is 3.03. The third kappa shape index (κ3) is 4.64. The highest BCUT2D eigenvalue weighted by Gasteiger charge is 2.33. The number of anilines is 2. The highest BCUT2D eigenvalue weighted by molar-refractivity contribution is 5.94. The number of amides is 1. The van der Waals surface area contributed by atoms with E-state index < -0.39 is 17.6 Å². The normalized spacial score (nSPS) is 11.0. The quantitative estimate of drug-likeness (QED) is 0.880. The molecule has 2 aromatic carbocycles. The van der Waals surface area contributed by atoms with Crippen LogP contribution in [0.2, 0.25) is 0 Å². The number of benzene rings is 2. The van der Waals surface area contributed by atoms with Crippen LogP contribution in [0.25, 0.3) is 0 Å². The molecular formula is C16H15F3N2O2. The number of carbonyl (C=O) groups excluding carboxylic acids is 1. The van der Waals surface area contributed by atoms with Crippen LogP contribution in [0.15, 0.2) is 48.5 Å². The van der Waals surface area contributed by atoms with E-state index in [1.807, 2.05) is 0 Å². The summed E-state index contributed by atoms with van der Waals surface area (Å²) < 4.78 is 43.6. The van der Waals surface area contributed by atoms with Crippen molar-refractivity contribution in [2.45, 2.75) is 6.18 Å². The van der Waals surface area contributed by atoms with E-state index in [1.165, 1.54) is 25.3 Å². The molecule has 0 radical (unpaired) electrons. The lowest BCUT2D eigenvalue weighted by Gasteiger charge is -2.14. The van der Waals surface area contributed by atoms with Crippen molar-refractivity contribution in [1.29, 1.82) is 0 Å². The molecule has 2 aromatic rings. The van der Waals surface area contributed by atoms with Gasteiger partial charge in [0.15, 0.2) is 0 Å². The van der Waals surface area contributed by atoms with E-state index in [4.69, 9.17) is 4.74 Å². The Morgan fingerprint density at radius 1 is 1.13 bits per heavy atom. The highest BCUT2D eigenvalue weighted by atomic mass is 19.4. The van der Waals surface area contributed by atoms with Gasteiger partial charge in [0.25, 0.3) is 0 Å². The Morgan fingerprint density at radius 3 is 2.57 bits per heavy atom. The molecule has 0 fully saturated rings. The van der Waals surface area contributed by atoms with E-state index >= 15 is 0 Å². The fraction of sp³-hybridized carbons (Fsp3) is 0.188. The maximum Gasteiger partial charge on any atom is 0.418 e. The summed E-state index contributed by atoms with van der Waals surface area (Å²) in [4.78, 5) is 11.9. The molecular weight excluding hydrogens is 309 g/mol. The fourth-order valence-electron chi connectivity index (χ4n) is 1.97. The molecule has 7 heteroatoms. The third-order valence-electron chi connectivity index (χ3n) is 3.03. The average Bonchev–Trinajstić information content (AvgIpc) is 2.52. The van der Waals surface area contributed by atoms with Crippen molar-refractivity contribution in [3.63, 3.8) is 0 Å². The number of para-hydroxylation sites is 1. The second-order valence-electron chi connectivity index (χ2n) is 4.68. The largest absolute Gasteiger partial charge is 0.497 e. The SMILES string of the molecule is COc1cccc(NC(=O)CNc2ccccc2C(F)(F)F)c1. The first-order valence-electron chi connectivity index (χ1n) is 6.74. The minimum absolute atomic E-state index is 0.138. The Morgan fingerprint density at radius 2 is 1.87 bits per heavy atom. The second-order valence-corrected chi connectivity index (χ2v) is 4.68. The Bertz CT molecular complexity index is 687. The molecule has 23 heavy (non-hydrogen) atoms. The van der Waals surface area contributed by atoms with Gasteiger partial charge in [0, 0.05) is 17.4 Å². The van der Waals surface area contributed by atoms with Gasteiger partial charge in [-0.15, -0.1) is 0 Å². The zero-order valence-electron chi connectivity index (χ0n) is 12.3. The van der Waals surface area contributed by atoms with Crippen molar-refractivity contribution < 1.29 is 22.7 Å². The van der Waals surface area contributed by atoms with Crippen LogP contribution in [0.4, 0.5) is 24.5 Å². The van der Waals surface area contributed by atoms with Crippen LogP contribution in [0.5, 0.6) is 5.75 Å². The van der Waals surface area contributed by atoms with Crippen LogP contribution in [0, 0.1) is 0 Å². The number of hydrogen-bond acceptors (Lipinski definition) is 3. The lowest BCUT2D eigenvalue weighted by atomic mass is 10.1. The van der Waals surface area contributed by atoms with Crippen molar-refractivity contribution in [1.82, 2.24) is 0 Å². The maximum absolute atomic E-state index is 12.8. The Balaban J connectivity index is 2.00. The molecule has 2 rings (SSSR count). The Labute approximate surface area is 131 Å². The van der Waals surface area contributed by atoms with Crippen LogP contribution in [0.3, 0.4) is 0 Å². The zero-order chi connectivity index (χ0) is 16.9. The van der Waals surface area contributed by atoms with Gasteiger partial charge in [-0.25, -0.2) is 0 Å². The van der Waals surface area contributed by atoms with Crippen molar-refractivity contribution >= 4 is 17.3 Å². The molecule has 0 heterocycles. The molecule has 0 saturated heterocycles. The van der Waals surface area contributed by atoms with E-state index in [-0.39, 0.29) is 12.2 Å². The van der Waals surface area contributed by atoms with Crippen LogP contribution < -0.4 is 15.4 Å². The number of carbonyl (C=O) groups is 1.